The summed E-state index contributed by atoms with van der Waals surface area (Å²) >= 11 is 0. The molecule has 4 nitrogen and oxygen atoms in total. The highest BCUT2D eigenvalue weighted by molar-refractivity contribution is 5.80. The lowest BCUT2D eigenvalue weighted by molar-refractivity contribution is 0.217. The first-order chi connectivity index (χ1) is 12.8. The number of aliphatic hydroxyl groups is 1. The van der Waals surface area contributed by atoms with E-state index in [1.165, 1.54) is 11.1 Å². The highest BCUT2D eigenvalue weighted by Crippen LogP contribution is 2.45. The fraction of sp³-hybridized carbons (Fsp3) is 0.409. The third-order valence-electron chi connectivity index (χ3n) is 5.09. The van der Waals surface area contributed by atoms with Crippen molar-refractivity contribution in [2.75, 3.05) is 26.2 Å². The number of hydrogen-bond acceptors (Lipinski definition) is 2. The van der Waals surface area contributed by atoms with E-state index in [-0.39, 0.29) is 17.9 Å². The van der Waals surface area contributed by atoms with E-state index in [1.54, 1.807) is 0 Å². The van der Waals surface area contributed by atoms with Crippen LogP contribution in [-0.2, 0) is 0 Å². The lowest BCUT2D eigenvalue weighted by Crippen LogP contribution is -2.40. The predicted octanol–water partition coefficient (Wildman–Crippen LogP) is 3.15. The minimum Gasteiger partial charge on any atom is -0.396 e. The summed E-state index contributed by atoms with van der Waals surface area (Å²) in [4.78, 5) is 4.71. The average Bonchev–Trinajstić information content (AvgIpc) is 3.48. The van der Waals surface area contributed by atoms with E-state index >= 15 is 0 Å². The Morgan fingerprint density at radius 1 is 1.00 bits per heavy atom. The summed E-state index contributed by atoms with van der Waals surface area (Å²) in [7, 11) is 0. The van der Waals surface area contributed by atoms with Gasteiger partial charge >= 0.3 is 0 Å². The van der Waals surface area contributed by atoms with Crippen LogP contribution in [0.15, 0.2) is 65.7 Å². The number of nitrogens with zero attached hydrogens (tertiary/aromatic N) is 1. The molecular weight excluding hydrogens is 322 g/mol. The third kappa shape index (κ3) is 4.85. The van der Waals surface area contributed by atoms with Crippen LogP contribution in [0.25, 0.3) is 0 Å². The largest absolute Gasteiger partial charge is 0.396 e. The summed E-state index contributed by atoms with van der Waals surface area (Å²) in [5.41, 5.74) is 2.60. The maximum atomic E-state index is 9.50. The van der Waals surface area contributed by atoms with E-state index in [4.69, 9.17) is 4.99 Å². The van der Waals surface area contributed by atoms with Crippen molar-refractivity contribution in [1.82, 2.24) is 10.6 Å². The molecule has 0 atom stereocenters. The van der Waals surface area contributed by atoms with Crippen molar-refractivity contribution in [3.05, 3.63) is 71.8 Å². The van der Waals surface area contributed by atoms with E-state index in [2.05, 4.69) is 78.2 Å². The van der Waals surface area contributed by atoms with Crippen LogP contribution in [0.3, 0.4) is 0 Å². The highest BCUT2D eigenvalue weighted by Gasteiger charge is 2.41. The molecule has 0 aromatic heterocycles. The van der Waals surface area contributed by atoms with E-state index in [1.807, 2.05) is 0 Å². The Labute approximate surface area is 156 Å². The topological polar surface area (TPSA) is 56.7 Å². The molecule has 0 spiro atoms. The number of hydrogen-bond donors (Lipinski definition) is 3. The molecular formula is C22H29N3O. The van der Waals surface area contributed by atoms with Gasteiger partial charge in [0.25, 0.3) is 0 Å². The Morgan fingerprint density at radius 2 is 1.58 bits per heavy atom. The lowest BCUT2D eigenvalue weighted by Gasteiger charge is -2.21. The average molecular weight is 351 g/mol. The van der Waals surface area contributed by atoms with Gasteiger partial charge in [-0.1, -0.05) is 60.7 Å². The fourth-order valence-electron chi connectivity index (χ4n) is 3.13. The van der Waals surface area contributed by atoms with Crippen LogP contribution in [0.5, 0.6) is 0 Å². The van der Waals surface area contributed by atoms with Crippen LogP contribution in [0.1, 0.15) is 36.8 Å². The van der Waals surface area contributed by atoms with Gasteiger partial charge in [-0.25, -0.2) is 0 Å². The summed E-state index contributed by atoms with van der Waals surface area (Å²) in [6, 6.07) is 21.1. The monoisotopic (exact) mass is 351 g/mol. The van der Waals surface area contributed by atoms with E-state index < -0.39 is 0 Å². The van der Waals surface area contributed by atoms with Crippen molar-refractivity contribution in [1.29, 1.82) is 0 Å². The normalized spacial score (nSPS) is 15.7. The molecule has 0 aliphatic heterocycles. The van der Waals surface area contributed by atoms with Gasteiger partial charge in [0.2, 0.25) is 0 Å². The van der Waals surface area contributed by atoms with Crippen LogP contribution >= 0.6 is 0 Å². The van der Waals surface area contributed by atoms with E-state index in [0.717, 1.165) is 31.9 Å². The van der Waals surface area contributed by atoms with Crippen LogP contribution in [0.2, 0.25) is 0 Å². The molecule has 1 saturated carbocycles. The molecule has 1 aliphatic carbocycles. The first kappa shape index (κ1) is 18.5. The highest BCUT2D eigenvalue weighted by atomic mass is 16.3. The number of benzene rings is 2. The fourth-order valence-corrected chi connectivity index (χ4v) is 3.13. The lowest BCUT2D eigenvalue weighted by atomic mass is 9.91. The summed E-state index contributed by atoms with van der Waals surface area (Å²) in [6.07, 6.45) is 2.14. The summed E-state index contributed by atoms with van der Waals surface area (Å²) in [5, 5.41) is 16.3. The Hall–Kier alpha value is -2.33. The van der Waals surface area contributed by atoms with Crippen molar-refractivity contribution in [2.45, 2.75) is 25.7 Å². The molecule has 138 valence electrons. The standard InChI is InChI=1S/C22H29N3O/c1-2-23-21(25-16-22(17-26)13-14-22)24-15-20(18-9-5-3-6-10-18)19-11-7-4-8-12-19/h3-12,20,26H,2,13-17H2,1H3,(H2,23,24,25). The van der Waals surface area contributed by atoms with Crippen LogP contribution in [0, 0.1) is 5.41 Å². The molecule has 2 aromatic rings. The van der Waals surface area contributed by atoms with Gasteiger partial charge < -0.3 is 15.7 Å². The van der Waals surface area contributed by atoms with Gasteiger partial charge in [0.1, 0.15) is 0 Å². The molecule has 3 rings (SSSR count). The van der Waals surface area contributed by atoms with Gasteiger partial charge in [-0.2, -0.15) is 0 Å². The van der Waals surface area contributed by atoms with Gasteiger partial charge in [-0.15, -0.1) is 0 Å². The molecule has 26 heavy (non-hydrogen) atoms. The quantitative estimate of drug-likeness (QED) is 0.506. The van der Waals surface area contributed by atoms with Gasteiger partial charge in [0.05, 0.1) is 13.2 Å². The number of aliphatic hydroxyl groups excluding tert-OH is 1. The molecule has 4 heteroatoms. The molecule has 0 unspecified atom stereocenters. The van der Waals surface area contributed by atoms with Crippen LogP contribution in [0.4, 0.5) is 0 Å². The zero-order chi connectivity index (χ0) is 18.2. The van der Waals surface area contributed by atoms with Gasteiger partial charge in [-0.3, -0.25) is 4.99 Å². The molecule has 0 heterocycles. The molecule has 0 amide bonds. The van der Waals surface area contributed by atoms with Gasteiger partial charge in [0, 0.05) is 24.4 Å². The van der Waals surface area contributed by atoms with Crippen molar-refractivity contribution in [2.24, 2.45) is 10.4 Å². The molecule has 3 N–H and O–H groups in total. The predicted molar refractivity (Wildman–Crippen MR) is 107 cm³/mol. The molecule has 1 aliphatic rings. The Balaban J connectivity index is 1.72. The molecule has 0 radical (unpaired) electrons. The molecule has 0 saturated heterocycles. The van der Waals surface area contributed by atoms with E-state index in [0.29, 0.717) is 6.54 Å². The van der Waals surface area contributed by atoms with Gasteiger partial charge in [0.15, 0.2) is 5.96 Å². The second kappa shape index (κ2) is 8.86. The van der Waals surface area contributed by atoms with Gasteiger partial charge in [-0.05, 0) is 30.9 Å². The van der Waals surface area contributed by atoms with E-state index in [9.17, 15) is 5.11 Å². The number of rotatable bonds is 8. The number of nitrogens with one attached hydrogen (secondary N) is 2. The molecule has 0 bridgehead atoms. The Bertz CT molecular complexity index is 656. The van der Waals surface area contributed by atoms with Crippen LogP contribution < -0.4 is 10.6 Å². The third-order valence-corrected chi connectivity index (χ3v) is 5.09. The van der Waals surface area contributed by atoms with Crippen molar-refractivity contribution in [3.8, 4) is 0 Å². The maximum Gasteiger partial charge on any atom is 0.191 e. The minimum absolute atomic E-state index is 0.0284. The first-order valence-electron chi connectivity index (χ1n) is 9.49. The maximum absolute atomic E-state index is 9.50. The molecule has 2 aromatic carbocycles. The number of aliphatic imine (C=N–C) groups is 1. The smallest absolute Gasteiger partial charge is 0.191 e. The SMILES string of the molecule is CCNC(=NCC1(CO)CC1)NCC(c1ccccc1)c1ccccc1. The Morgan fingerprint density at radius 3 is 2.04 bits per heavy atom. The van der Waals surface area contributed by atoms with Crippen LogP contribution in [-0.4, -0.2) is 37.3 Å². The van der Waals surface area contributed by atoms with Crippen molar-refractivity contribution >= 4 is 5.96 Å². The zero-order valence-corrected chi connectivity index (χ0v) is 15.5. The molecule has 1 fully saturated rings. The first-order valence-corrected chi connectivity index (χ1v) is 9.49. The minimum atomic E-state index is 0.0284. The van der Waals surface area contributed by atoms with Crippen molar-refractivity contribution < 1.29 is 5.11 Å². The second-order valence-electron chi connectivity index (χ2n) is 7.11. The Kier molecular flexibility index (Phi) is 6.29. The van der Waals surface area contributed by atoms with Crippen molar-refractivity contribution in [3.63, 3.8) is 0 Å². The summed E-state index contributed by atoms with van der Waals surface area (Å²) in [5.74, 6) is 1.08. The summed E-state index contributed by atoms with van der Waals surface area (Å²) < 4.78 is 0. The second-order valence-corrected chi connectivity index (χ2v) is 7.11. The summed E-state index contributed by atoms with van der Waals surface area (Å²) in [6.45, 7) is 4.57. The zero-order valence-electron chi connectivity index (χ0n) is 15.5. The number of guanidine groups is 1.